The molecule has 0 saturated carbocycles. The molecule has 0 aliphatic heterocycles. The van der Waals surface area contributed by atoms with E-state index < -0.39 is 0 Å². The van der Waals surface area contributed by atoms with Crippen molar-refractivity contribution in [3.63, 3.8) is 0 Å². The van der Waals surface area contributed by atoms with Crippen LogP contribution in [0.3, 0.4) is 0 Å². The molecule has 0 unspecified atom stereocenters. The molecule has 0 aliphatic rings. The number of hydrogen-bond donors (Lipinski definition) is 0. The Balaban J connectivity index is 2.67. The summed E-state index contributed by atoms with van der Waals surface area (Å²) in [4.78, 5) is 9.02. The minimum Gasteiger partial charge on any atom is -0.326 e. The third-order valence-corrected chi connectivity index (χ3v) is 2.53. The number of nitrogens with zero attached hydrogens (tertiary/aromatic N) is 3. The fourth-order valence-electron chi connectivity index (χ4n) is 1.65. The van der Waals surface area contributed by atoms with Gasteiger partial charge in [0.05, 0.1) is 5.69 Å². The highest BCUT2D eigenvalue weighted by molar-refractivity contribution is 5.71. The maximum absolute atomic E-state index is 4.62. The third kappa shape index (κ3) is 1.74. The van der Waals surface area contributed by atoms with Crippen LogP contribution in [0.2, 0.25) is 0 Å². The first kappa shape index (κ1) is 10.1. The van der Waals surface area contributed by atoms with Crippen molar-refractivity contribution in [1.82, 2.24) is 14.5 Å². The Morgan fingerprint density at radius 3 is 2.67 bits per heavy atom. The van der Waals surface area contributed by atoms with Crippen LogP contribution >= 0.6 is 0 Å². The van der Waals surface area contributed by atoms with E-state index in [-0.39, 0.29) is 5.54 Å². The zero-order valence-corrected chi connectivity index (χ0v) is 9.78. The number of aromatic nitrogens is 3. The highest BCUT2D eigenvalue weighted by atomic mass is 15.1. The molecule has 2 aromatic heterocycles. The molecule has 2 aromatic rings. The largest absolute Gasteiger partial charge is 0.326 e. The van der Waals surface area contributed by atoms with Gasteiger partial charge in [0.25, 0.3) is 0 Å². The highest BCUT2D eigenvalue weighted by Crippen LogP contribution is 2.21. The van der Waals surface area contributed by atoms with E-state index >= 15 is 0 Å². The van der Waals surface area contributed by atoms with Gasteiger partial charge < -0.3 is 4.57 Å². The molecule has 0 N–H and O–H groups in total. The Morgan fingerprint density at radius 1 is 1.33 bits per heavy atom. The molecule has 3 nitrogen and oxygen atoms in total. The van der Waals surface area contributed by atoms with Gasteiger partial charge in [-0.25, -0.2) is 4.98 Å². The van der Waals surface area contributed by atoms with Crippen molar-refractivity contribution in [1.29, 1.82) is 0 Å². The van der Waals surface area contributed by atoms with Crippen LogP contribution in [0.4, 0.5) is 0 Å². The average Bonchev–Trinajstić information content (AvgIpc) is 2.59. The van der Waals surface area contributed by atoms with Gasteiger partial charge in [0.15, 0.2) is 5.65 Å². The Kier molecular flexibility index (Phi) is 2.25. The minimum absolute atomic E-state index is 0.0583. The van der Waals surface area contributed by atoms with E-state index in [1.54, 1.807) is 0 Å². The maximum atomic E-state index is 4.62. The summed E-state index contributed by atoms with van der Waals surface area (Å²) in [5.41, 5.74) is 3.07. The van der Waals surface area contributed by atoms with Crippen LogP contribution in [-0.4, -0.2) is 14.5 Å². The van der Waals surface area contributed by atoms with Gasteiger partial charge in [-0.15, -0.1) is 0 Å². The summed E-state index contributed by atoms with van der Waals surface area (Å²) >= 11 is 0. The number of hydrogen-bond acceptors (Lipinski definition) is 2. The van der Waals surface area contributed by atoms with E-state index in [2.05, 4.69) is 48.4 Å². The predicted octanol–water partition coefficient (Wildman–Crippen LogP) is 2.75. The van der Waals surface area contributed by atoms with E-state index in [0.717, 1.165) is 23.3 Å². The van der Waals surface area contributed by atoms with Crippen molar-refractivity contribution >= 4 is 11.2 Å². The molecule has 0 bridgehead atoms. The van der Waals surface area contributed by atoms with Crippen LogP contribution < -0.4 is 0 Å². The molecule has 2 rings (SSSR count). The smallest absolute Gasteiger partial charge is 0.159 e. The van der Waals surface area contributed by atoms with Gasteiger partial charge in [-0.2, -0.15) is 0 Å². The van der Waals surface area contributed by atoms with E-state index in [9.17, 15) is 0 Å². The molecule has 0 atom stereocenters. The average molecular weight is 203 g/mol. The van der Waals surface area contributed by atoms with Gasteiger partial charge in [0.1, 0.15) is 5.52 Å². The first-order chi connectivity index (χ1) is 7.02. The Labute approximate surface area is 90.2 Å². The van der Waals surface area contributed by atoms with Gasteiger partial charge in [0.2, 0.25) is 0 Å². The third-order valence-electron chi connectivity index (χ3n) is 2.53. The summed E-state index contributed by atoms with van der Waals surface area (Å²) in [7, 11) is 0. The summed E-state index contributed by atoms with van der Waals surface area (Å²) in [5.74, 6) is 0. The lowest BCUT2D eigenvalue weighted by Crippen LogP contribution is -2.21. The second kappa shape index (κ2) is 3.33. The SMILES string of the molecule is CCc1cnc2ccn(C(C)(C)C)c2n1. The fourth-order valence-corrected chi connectivity index (χ4v) is 1.65. The zero-order chi connectivity index (χ0) is 11.1. The summed E-state index contributed by atoms with van der Waals surface area (Å²) in [6, 6.07) is 2.02. The second-order valence-electron chi connectivity index (χ2n) is 4.78. The summed E-state index contributed by atoms with van der Waals surface area (Å²) in [5, 5.41) is 0. The molecule has 2 heterocycles. The van der Waals surface area contributed by atoms with Gasteiger partial charge >= 0.3 is 0 Å². The molecule has 15 heavy (non-hydrogen) atoms. The summed E-state index contributed by atoms with van der Waals surface area (Å²) < 4.78 is 2.18. The van der Waals surface area contributed by atoms with E-state index in [0.29, 0.717) is 0 Å². The summed E-state index contributed by atoms with van der Waals surface area (Å²) in [6.07, 6.45) is 4.84. The van der Waals surface area contributed by atoms with Crippen LogP contribution in [0.1, 0.15) is 33.4 Å². The number of fused-ring (bicyclic) bond motifs is 1. The molecule has 0 saturated heterocycles. The predicted molar refractivity (Wildman–Crippen MR) is 61.9 cm³/mol. The molecule has 0 radical (unpaired) electrons. The van der Waals surface area contributed by atoms with Crippen LogP contribution in [0.5, 0.6) is 0 Å². The maximum Gasteiger partial charge on any atom is 0.159 e. The van der Waals surface area contributed by atoms with E-state index in [1.807, 2.05) is 12.3 Å². The Bertz CT molecular complexity index is 477. The number of aryl methyl sites for hydroxylation is 1. The van der Waals surface area contributed by atoms with Crippen molar-refractivity contribution in [2.75, 3.05) is 0 Å². The topological polar surface area (TPSA) is 30.7 Å². The van der Waals surface area contributed by atoms with Gasteiger partial charge in [-0.1, -0.05) is 6.92 Å². The molecule has 0 amide bonds. The van der Waals surface area contributed by atoms with Crippen LogP contribution in [0.15, 0.2) is 18.5 Å². The lowest BCUT2D eigenvalue weighted by Gasteiger charge is -2.21. The molecule has 80 valence electrons. The zero-order valence-electron chi connectivity index (χ0n) is 9.78. The van der Waals surface area contributed by atoms with Gasteiger partial charge in [0, 0.05) is 17.9 Å². The quantitative estimate of drug-likeness (QED) is 0.713. The number of rotatable bonds is 1. The first-order valence-electron chi connectivity index (χ1n) is 5.36. The fraction of sp³-hybridized carbons (Fsp3) is 0.500. The van der Waals surface area contributed by atoms with E-state index in [4.69, 9.17) is 0 Å². The van der Waals surface area contributed by atoms with Crippen molar-refractivity contribution in [2.24, 2.45) is 0 Å². The molecular formula is C12H17N3. The van der Waals surface area contributed by atoms with Gasteiger partial charge in [-0.05, 0) is 33.3 Å². The molecule has 0 fully saturated rings. The monoisotopic (exact) mass is 203 g/mol. The van der Waals surface area contributed by atoms with Crippen LogP contribution in [0, 0.1) is 0 Å². The lowest BCUT2D eigenvalue weighted by molar-refractivity contribution is 0.408. The Hall–Kier alpha value is -1.38. The lowest BCUT2D eigenvalue weighted by atomic mass is 10.1. The normalized spacial score (nSPS) is 12.3. The first-order valence-corrected chi connectivity index (χ1v) is 5.36. The van der Waals surface area contributed by atoms with Crippen molar-refractivity contribution in [3.05, 3.63) is 24.2 Å². The van der Waals surface area contributed by atoms with Gasteiger partial charge in [-0.3, -0.25) is 4.98 Å². The van der Waals surface area contributed by atoms with Crippen molar-refractivity contribution in [3.8, 4) is 0 Å². The minimum atomic E-state index is 0.0583. The molecular weight excluding hydrogens is 186 g/mol. The van der Waals surface area contributed by atoms with Crippen molar-refractivity contribution in [2.45, 2.75) is 39.7 Å². The van der Waals surface area contributed by atoms with Crippen molar-refractivity contribution < 1.29 is 0 Å². The standard InChI is InChI=1S/C12H17N3/c1-5-9-8-13-10-6-7-15(11(10)14-9)12(2,3)4/h6-8H,5H2,1-4H3. The molecule has 0 spiro atoms. The van der Waals surface area contributed by atoms with Crippen LogP contribution in [0.25, 0.3) is 11.2 Å². The van der Waals surface area contributed by atoms with Crippen LogP contribution in [-0.2, 0) is 12.0 Å². The molecule has 0 aliphatic carbocycles. The second-order valence-corrected chi connectivity index (χ2v) is 4.78. The summed E-state index contributed by atoms with van der Waals surface area (Å²) in [6.45, 7) is 8.62. The Morgan fingerprint density at radius 2 is 2.07 bits per heavy atom. The van der Waals surface area contributed by atoms with E-state index in [1.165, 1.54) is 0 Å². The molecule has 3 heteroatoms. The highest BCUT2D eigenvalue weighted by Gasteiger charge is 2.16. The molecule has 0 aromatic carbocycles.